The van der Waals surface area contributed by atoms with Crippen LogP contribution in [0.4, 0.5) is 0 Å². The van der Waals surface area contributed by atoms with Gasteiger partial charge < -0.3 is 15.2 Å². The van der Waals surface area contributed by atoms with Gasteiger partial charge in [-0.25, -0.2) is 0 Å². The zero-order chi connectivity index (χ0) is 22.4. The van der Waals surface area contributed by atoms with E-state index >= 15 is 0 Å². The van der Waals surface area contributed by atoms with Crippen molar-refractivity contribution >= 4 is 11.9 Å². The lowest BCUT2D eigenvalue weighted by Gasteiger charge is -2.14. The summed E-state index contributed by atoms with van der Waals surface area (Å²) in [7, 11) is 0. The highest BCUT2D eigenvalue weighted by Gasteiger charge is 2.11. The number of carbonyl (C=O) groups excluding carboxylic acids is 1. The number of nitrogens with one attached hydrogen (secondary N) is 1. The van der Waals surface area contributed by atoms with E-state index in [4.69, 9.17) is 11.6 Å². The summed E-state index contributed by atoms with van der Waals surface area (Å²) < 4.78 is 45.0. The van der Waals surface area contributed by atoms with Gasteiger partial charge in [0, 0.05) is 9.24 Å². The first kappa shape index (κ1) is 12.9. The summed E-state index contributed by atoms with van der Waals surface area (Å²) in [6.45, 7) is -4.08. The van der Waals surface area contributed by atoms with Gasteiger partial charge in [0.05, 0.1) is 9.68 Å². The summed E-state index contributed by atoms with van der Waals surface area (Å²) in [5.74, 6) is -0.673. The monoisotopic (exact) mass is 344 g/mol. The van der Waals surface area contributed by atoms with Crippen molar-refractivity contribution in [1.82, 2.24) is 5.32 Å². The molecule has 4 heteroatoms. The van der Waals surface area contributed by atoms with Crippen molar-refractivity contribution in [1.29, 1.82) is 0 Å². The summed E-state index contributed by atoms with van der Waals surface area (Å²) in [5, 5.41) is 12.7. The van der Waals surface area contributed by atoms with E-state index in [0.29, 0.717) is 6.42 Å². The number of benzene rings is 2. The predicted molar refractivity (Wildman–Crippen MR) is 101 cm³/mol. The lowest BCUT2D eigenvalue weighted by atomic mass is 10.1. The van der Waals surface area contributed by atoms with E-state index in [0.717, 1.165) is 5.56 Å². The largest absolute Gasteiger partial charge is 0.490 e. The normalized spacial score (nSPS) is 17.6. The summed E-state index contributed by atoms with van der Waals surface area (Å²) in [6.07, 6.45) is 0.125. The highest BCUT2D eigenvalue weighted by atomic mass is 16.5. The average molecular weight is 344 g/mol. The van der Waals surface area contributed by atoms with E-state index in [-0.39, 0.29) is 17.9 Å². The van der Waals surface area contributed by atoms with Crippen molar-refractivity contribution in [3.05, 3.63) is 71.8 Å². The van der Waals surface area contributed by atoms with Crippen molar-refractivity contribution in [2.75, 3.05) is 19.6 Å². The van der Waals surface area contributed by atoms with Crippen LogP contribution >= 0.6 is 0 Å². The number of carbonyl (C=O) groups is 1. The minimum absolute atomic E-state index is 0.0198. The van der Waals surface area contributed by atoms with Crippen molar-refractivity contribution in [3.63, 3.8) is 0 Å². The molecular weight excluding hydrogens is 314 g/mol. The van der Waals surface area contributed by atoms with Gasteiger partial charge in [-0.3, -0.25) is 4.79 Å². The van der Waals surface area contributed by atoms with Crippen molar-refractivity contribution < 1.29 is 21.5 Å². The Morgan fingerprint density at radius 1 is 1.28 bits per heavy atom. The molecule has 4 nitrogen and oxygen atoms in total. The van der Waals surface area contributed by atoms with Crippen LogP contribution in [0.25, 0.3) is 6.08 Å². The highest BCUT2D eigenvalue weighted by molar-refractivity contribution is 6.08. The zero-order valence-electron chi connectivity index (χ0n) is 19.0. The van der Waals surface area contributed by atoms with Crippen LogP contribution < -0.4 is 10.1 Å². The Hall–Kier alpha value is -2.43. The van der Waals surface area contributed by atoms with Crippen LogP contribution in [0.15, 0.2) is 60.7 Å². The van der Waals surface area contributed by atoms with Gasteiger partial charge >= 0.3 is 0 Å². The van der Waals surface area contributed by atoms with Gasteiger partial charge in [0.2, 0.25) is 0 Å². The van der Waals surface area contributed by atoms with Gasteiger partial charge in [0.15, 0.2) is 5.78 Å². The zero-order valence-corrected chi connectivity index (χ0v) is 14.0. The van der Waals surface area contributed by atoms with Gasteiger partial charge in [-0.15, -0.1) is 0 Å². The fourth-order valence-corrected chi connectivity index (χ4v) is 1.99. The van der Waals surface area contributed by atoms with Crippen LogP contribution in [0.5, 0.6) is 5.75 Å². The van der Waals surface area contributed by atoms with E-state index in [9.17, 15) is 9.90 Å². The number of hydrogen-bond donors (Lipinski definition) is 2. The van der Waals surface area contributed by atoms with E-state index in [1.54, 1.807) is 19.1 Å². The van der Waals surface area contributed by atoms with Crippen LogP contribution in [0.2, 0.25) is 0 Å². The van der Waals surface area contributed by atoms with Crippen LogP contribution in [-0.2, 0) is 0 Å². The summed E-state index contributed by atoms with van der Waals surface area (Å²) >= 11 is 0. The Balaban J connectivity index is 2.28. The summed E-state index contributed by atoms with van der Waals surface area (Å²) in [6, 6.07) is 15.0. The molecule has 0 aromatic heterocycles. The van der Waals surface area contributed by atoms with Gasteiger partial charge in [-0.05, 0) is 36.7 Å². The first-order valence-electron chi connectivity index (χ1n) is 10.5. The smallest absolute Gasteiger partial charge is 0.189 e. The number of aliphatic hydroxyl groups is 1. The van der Waals surface area contributed by atoms with Gasteiger partial charge in [-0.2, -0.15) is 0 Å². The molecule has 132 valence electrons. The molecule has 0 radical (unpaired) electrons. The summed E-state index contributed by atoms with van der Waals surface area (Å²) in [4.78, 5) is 12.6. The number of para-hydroxylation sites is 1. The van der Waals surface area contributed by atoms with Crippen LogP contribution in [0.3, 0.4) is 0 Å². The molecule has 2 N–H and O–H groups in total. The van der Waals surface area contributed by atoms with Crippen molar-refractivity contribution in [3.8, 4) is 5.75 Å². The molecule has 0 bridgehead atoms. The molecule has 2 aromatic rings. The molecule has 25 heavy (non-hydrogen) atoms. The Morgan fingerprint density at radius 2 is 2.00 bits per heavy atom. The number of ketones is 1. The molecule has 0 fully saturated rings. The molecule has 0 amide bonds. The molecule has 0 aliphatic carbocycles. The van der Waals surface area contributed by atoms with Gasteiger partial charge in [0.1, 0.15) is 18.4 Å². The molecular formula is C21H25NO3. The van der Waals surface area contributed by atoms with Crippen LogP contribution in [0.1, 0.15) is 36.1 Å². The molecule has 0 aliphatic rings. The second-order valence-corrected chi connectivity index (χ2v) is 5.21. The summed E-state index contributed by atoms with van der Waals surface area (Å²) in [5.41, 5.74) is 0.821. The van der Waals surface area contributed by atoms with E-state index in [1.807, 2.05) is 30.3 Å². The molecule has 0 saturated heterocycles. The topological polar surface area (TPSA) is 58.6 Å². The average Bonchev–Trinajstić information content (AvgIpc) is 2.71. The number of rotatable bonds is 10. The third kappa shape index (κ3) is 6.53. The Kier molecular flexibility index (Phi) is 5.37. The van der Waals surface area contributed by atoms with Gasteiger partial charge in [-0.1, -0.05) is 55.5 Å². The quantitative estimate of drug-likeness (QED) is 0.513. The second-order valence-electron chi connectivity index (χ2n) is 5.21. The maximum absolute atomic E-state index is 12.6. The molecule has 0 spiro atoms. The molecule has 2 aromatic carbocycles. The molecule has 0 heterocycles. The lowest BCUT2D eigenvalue weighted by Crippen LogP contribution is -2.32. The maximum atomic E-state index is 12.6. The minimum atomic E-state index is -3.30. The fraction of sp³-hybridized carbons (Fsp3) is 0.286. The molecule has 1 atom stereocenters. The SMILES string of the molecule is [2H]C([2H])(NCCC)C([2H])(O)C([2H])([2H])Oc1ccccc1C(=O)/C=C/c1ccccc1. The first-order chi connectivity index (χ1) is 14.0. The highest BCUT2D eigenvalue weighted by Crippen LogP contribution is 2.19. The Bertz CT molecular complexity index is 885. The number of ether oxygens (including phenoxy) is 1. The molecule has 0 saturated carbocycles. The van der Waals surface area contributed by atoms with Crippen molar-refractivity contribution in [2.24, 2.45) is 0 Å². The van der Waals surface area contributed by atoms with Crippen LogP contribution in [0, 0.1) is 0 Å². The second kappa shape index (κ2) is 10.4. The fourth-order valence-electron chi connectivity index (χ4n) is 1.99. The Labute approximate surface area is 156 Å². The maximum Gasteiger partial charge on any atom is 0.189 e. The minimum Gasteiger partial charge on any atom is -0.490 e. The van der Waals surface area contributed by atoms with E-state index in [1.165, 1.54) is 24.3 Å². The van der Waals surface area contributed by atoms with E-state index < -0.39 is 24.9 Å². The predicted octanol–water partition coefficient (Wildman–Crippen LogP) is 3.32. The lowest BCUT2D eigenvalue weighted by molar-refractivity contribution is 0.0995. The molecule has 2 rings (SSSR count). The van der Waals surface area contributed by atoms with E-state index in [2.05, 4.69) is 5.32 Å². The number of allylic oxidation sites excluding steroid dienone is 1. The standard InChI is InChI=1S/C21H25NO3/c1-2-14-22-15-18(23)16-25-21-11-7-6-10-19(21)20(24)13-12-17-8-4-3-5-9-17/h3-13,18,22-23H,2,14-16H2,1H3/b13-12+/i15D2,16D2,18D. The third-order valence-electron chi connectivity index (χ3n) is 3.22. The molecule has 0 aliphatic heterocycles. The third-order valence-corrected chi connectivity index (χ3v) is 3.22. The Morgan fingerprint density at radius 3 is 2.76 bits per heavy atom. The molecule has 1 unspecified atom stereocenters. The first-order valence-corrected chi connectivity index (χ1v) is 8.05. The van der Waals surface area contributed by atoms with Crippen molar-refractivity contribution in [2.45, 2.75) is 19.4 Å². The van der Waals surface area contributed by atoms with Crippen LogP contribution in [-0.4, -0.2) is 36.6 Å². The van der Waals surface area contributed by atoms with Gasteiger partial charge in [0.25, 0.3) is 0 Å². The number of hydrogen-bond acceptors (Lipinski definition) is 4.